The monoisotopic (exact) mass is 376 g/mol. The highest BCUT2D eigenvalue weighted by atomic mass is 127. The molecule has 0 aliphatic heterocycles. The summed E-state index contributed by atoms with van der Waals surface area (Å²) in [4.78, 5) is 14.0. The Morgan fingerprint density at radius 3 is 2.74 bits per heavy atom. The lowest BCUT2D eigenvalue weighted by molar-refractivity contribution is -0.117. The van der Waals surface area contributed by atoms with E-state index in [1.807, 2.05) is 29.2 Å². The average Bonchev–Trinajstić information content (AvgIpc) is 2.39. The summed E-state index contributed by atoms with van der Waals surface area (Å²) in [6, 6.07) is 7.69. The second-order valence-corrected chi connectivity index (χ2v) is 5.54. The molecule has 0 spiro atoms. The number of hydrogen-bond acceptors (Lipinski definition) is 3. The van der Waals surface area contributed by atoms with Gasteiger partial charge in [0.05, 0.1) is 18.8 Å². The molecule has 1 amide bonds. The van der Waals surface area contributed by atoms with Crippen molar-refractivity contribution in [2.75, 3.05) is 31.6 Å². The van der Waals surface area contributed by atoms with Crippen molar-refractivity contribution < 1.29 is 9.90 Å². The van der Waals surface area contributed by atoms with Crippen LogP contribution in [0.3, 0.4) is 0 Å². The molecule has 0 saturated carbocycles. The summed E-state index contributed by atoms with van der Waals surface area (Å²) in [6.07, 6.45) is 2.12. The zero-order valence-electron chi connectivity index (χ0n) is 11.2. The van der Waals surface area contributed by atoms with Gasteiger partial charge in [-0.2, -0.15) is 0 Å². The van der Waals surface area contributed by atoms with Crippen LogP contribution in [0.1, 0.15) is 19.8 Å². The first-order valence-corrected chi connectivity index (χ1v) is 7.62. The standard InChI is InChI=1S/C14H21IN2O2/c1-2-3-8-17(9-10-18)11-14(19)16-13-7-5-4-6-12(13)15/h4-7,18H,2-3,8-11H2,1H3,(H,16,19). The van der Waals surface area contributed by atoms with E-state index in [0.29, 0.717) is 13.1 Å². The number of aliphatic hydroxyl groups is 1. The van der Waals surface area contributed by atoms with Crippen LogP contribution >= 0.6 is 22.6 Å². The van der Waals surface area contributed by atoms with Crippen molar-refractivity contribution in [2.45, 2.75) is 19.8 Å². The molecule has 0 aliphatic carbocycles. The molecule has 0 saturated heterocycles. The minimum absolute atomic E-state index is 0.0336. The third-order valence-electron chi connectivity index (χ3n) is 2.76. The Labute approximate surface area is 128 Å². The lowest BCUT2D eigenvalue weighted by Gasteiger charge is -2.20. The normalized spacial score (nSPS) is 10.7. The quantitative estimate of drug-likeness (QED) is 0.685. The lowest BCUT2D eigenvalue weighted by atomic mass is 10.3. The van der Waals surface area contributed by atoms with E-state index in [1.165, 1.54) is 0 Å². The maximum absolute atomic E-state index is 12.0. The van der Waals surface area contributed by atoms with Gasteiger partial charge in [0, 0.05) is 10.1 Å². The maximum atomic E-state index is 12.0. The van der Waals surface area contributed by atoms with E-state index in [0.717, 1.165) is 28.6 Å². The number of aliphatic hydroxyl groups excluding tert-OH is 1. The van der Waals surface area contributed by atoms with Gasteiger partial charge in [0.2, 0.25) is 5.91 Å². The molecule has 5 heteroatoms. The van der Waals surface area contributed by atoms with Gasteiger partial charge in [-0.05, 0) is 47.7 Å². The molecule has 4 nitrogen and oxygen atoms in total. The highest BCUT2D eigenvalue weighted by Gasteiger charge is 2.11. The van der Waals surface area contributed by atoms with Gasteiger partial charge >= 0.3 is 0 Å². The van der Waals surface area contributed by atoms with Crippen molar-refractivity contribution in [3.8, 4) is 0 Å². The molecule has 0 aliphatic rings. The molecule has 0 atom stereocenters. The van der Waals surface area contributed by atoms with Crippen LogP contribution in [0.25, 0.3) is 0 Å². The number of hydrogen-bond donors (Lipinski definition) is 2. The van der Waals surface area contributed by atoms with Crippen molar-refractivity contribution in [3.63, 3.8) is 0 Å². The molecule has 1 aromatic rings. The second kappa shape index (κ2) is 9.28. The van der Waals surface area contributed by atoms with Crippen LogP contribution in [0, 0.1) is 3.57 Å². The van der Waals surface area contributed by atoms with Crippen molar-refractivity contribution in [1.82, 2.24) is 4.90 Å². The number of unbranched alkanes of at least 4 members (excludes halogenated alkanes) is 1. The predicted octanol–water partition coefficient (Wildman–Crippen LogP) is 2.32. The van der Waals surface area contributed by atoms with E-state index in [9.17, 15) is 4.79 Å². The second-order valence-electron chi connectivity index (χ2n) is 4.38. The molecule has 0 fully saturated rings. The Bertz CT molecular complexity index is 399. The van der Waals surface area contributed by atoms with E-state index in [4.69, 9.17) is 5.11 Å². The first-order chi connectivity index (χ1) is 9.17. The number of carbonyl (C=O) groups is 1. The Hall–Kier alpha value is -0.660. The maximum Gasteiger partial charge on any atom is 0.238 e. The molecule has 19 heavy (non-hydrogen) atoms. The number of rotatable bonds is 8. The molecule has 0 bridgehead atoms. The highest BCUT2D eigenvalue weighted by Crippen LogP contribution is 2.16. The summed E-state index contributed by atoms with van der Waals surface area (Å²) >= 11 is 2.20. The van der Waals surface area contributed by atoms with E-state index in [1.54, 1.807) is 0 Å². The highest BCUT2D eigenvalue weighted by molar-refractivity contribution is 14.1. The fraction of sp³-hybridized carbons (Fsp3) is 0.500. The van der Waals surface area contributed by atoms with E-state index < -0.39 is 0 Å². The van der Waals surface area contributed by atoms with Crippen LogP contribution in [-0.4, -0.2) is 42.2 Å². The Kier molecular flexibility index (Phi) is 8.00. The van der Waals surface area contributed by atoms with Gasteiger partial charge in [-0.1, -0.05) is 25.5 Å². The van der Waals surface area contributed by atoms with Gasteiger partial charge in [-0.3, -0.25) is 9.69 Å². The third kappa shape index (κ3) is 6.35. The smallest absolute Gasteiger partial charge is 0.238 e. The molecule has 2 N–H and O–H groups in total. The lowest BCUT2D eigenvalue weighted by Crippen LogP contribution is -2.36. The number of anilines is 1. The zero-order valence-corrected chi connectivity index (χ0v) is 13.4. The number of nitrogens with zero attached hydrogens (tertiary/aromatic N) is 1. The number of amides is 1. The van der Waals surface area contributed by atoms with Crippen LogP contribution in [0.4, 0.5) is 5.69 Å². The molecule has 1 aromatic carbocycles. The fourth-order valence-corrected chi connectivity index (χ4v) is 2.27. The van der Waals surface area contributed by atoms with Crippen LogP contribution in [-0.2, 0) is 4.79 Å². The summed E-state index contributed by atoms with van der Waals surface area (Å²) in [6.45, 7) is 3.91. The minimum Gasteiger partial charge on any atom is -0.395 e. The van der Waals surface area contributed by atoms with Gasteiger partial charge < -0.3 is 10.4 Å². The van der Waals surface area contributed by atoms with E-state index in [-0.39, 0.29) is 12.5 Å². The topological polar surface area (TPSA) is 52.6 Å². The molecule has 1 rings (SSSR count). The summed E-state index contributed by atoms with van der Waals surface area (Å²) in [5, 5.41) is 11.9. The number of halogens is 1. The van der Waals surface area contributed by atoms with Crippen LogP contribution < -0.4 is 5.32 Å². The van der Waals surface area contributed by atoms with Crippen molar-refractivity contribution in [3.05, 3.63) is 27.8 Å². The van der Waals surface area contributed by atoms with E-state index >= 15 is 0 Å². The zero-order chi connectivity index (χ0) is 14.1. The van der Waals surface area contributed by atoms with Crippen LogP contribution in [0.2, 0.25) is 0 Å². The molecule has 0 radical (unpaired) electrons. The Morgan fingerprint density at radius 1 is 1.37 bits per heavy atom. The van der Waals surface area contributed by atoms with Crippen LogP contribution in [0.15, 0.2) is 24.3 Å². The first kappa shape index (κ1) is 16.4. The largest absolute Gasteiger partial charge is 0.395 e. The summed E-state index contributed by atoms with van der Waals surface area (Å²) in [5.74, 6) is -0.0336. The average molecular weight is 376 g/mol. The first-order valence-electron chi connectivity index (χ1n) is 6.55. The van der Waals surface area contributed by atoms with E-state index in [2.05, 4.69) is 34.8 Å². The third-order valence-corrected chi connectivity index (χ3v) is 3.70. The molecular formula is C14H21IN2O2. The number of para-hydroxylation sites is 1. The van der Waals surface area contributed by atoms with Crippen molar-refractivity contribution in [2.24, 2.45) is 0 Å². The van der Waals surface area contributed by atoms with Gasteiger partial charge in [0.1, 0.15) is 0 Å². The summed E-state index contributed by atoms with van der Waals surface area (Å²) in [7, 11) is 0. The van der Waals surface area contributed by atoms with Gasteiger partial charge in [0.25, 0.3) is 0 Å². The van der Waals surface area contributed by atoms with Crippen molar-refractivity contribution >= 4 is 34.2 Å². The van der Waals surface area contributed by atoms with Gasteiger partial charge in [-0.15, -0.1) is 0 Å². The molecule has 0 aromatic heterocycles. The minimum atomic E-state index is -0.0336. The van der Waals surface area contributed by atoms with Crippen LogP contribution in [0.5, 0.6) is 0 Å². The molecule has 0 heterocycles. The molecule has 106 valence electrons. The SMILES string of the molecule is CCCCN(CCO)CC(=O)Nc1ccccc1I. The summed E-state index contributed by atoms with van der Waals surface area (Å²) < 4.78 is 1.02. The fourth-order valence-electron chi connectivity index (χ4n) is 1.75. The number of nitrogens with one attached hydrogen (secondary N) is 1. The van der Waals surface area contributed by atoms with Gasteiger partial charge in [0.15, 0.2) is 0 Å². The summed E-state index contributed by atoms with van der Waals surface area (Å²) in [5.41, 5.74) is 0.840. The number of benzene rings is 1. The molecular weight excluding hydrogens is 355 g/mol. The van der Waals surface area contributed by atoms with Crippen molar-refractivity contribution in [1.29, 1.82) is 0 Å². The number of carbonyl (C=O) groups excluding carboxylic acids is 1. The molecule has 0 unspecified atom stereocenters. The Balaban J connectivity index is 2.50. The van der Waals surface area contributed by atoms with Gasteiger partial charge in [-0.25, -0.2) is 0 Å². The Morgan fingerprint density at radius 2 is 2.11 bits per heavy atom. The predicted molar refractivity (Wildman–Crippen MR) is 86.2 cm³/mol.